The largest absolute Gasteiger partial charge is 0.317 e. The maximum absolute atomic E-state index is 13.7. The van der Waals surface area contributed by atoms with E-state index in [2.05, 4.69) is 17.1 Å². The number of nitrogens with zero attached hydrogens (tertiary/aromatic N) is 1. The molecule has 1 heterocycles. The van der Waals surface area contributed by atoms with Gasteiger partial charge < -0.3 is 5.32 Å². The minimum atomic E-state index is -0.0873. The van der Waals surface area contributed by atoms with Crippen molar-refractivity contribution in [2.75, 3.05) is 20.1 Å². The molecule has 1 unspecified atom stereocenters. The lowest BCUT2D eigenvalue weighted by Gasteiger charge is -2.36. The number of hydrogen-bond acceptors (Lipinski definition) is 2. The predicted octanol–water partition coefficient (Wildman–Crippen LogP) is 2.57. The van der Waals surface area contributed by atoms with Crippen molar-refractivity contribution in [2.24, 2.45) is 0 Å². The Labute approximate surface area is 103 Å². The summed E-state index contributed by atoms with van der Waals surface area (Å²) in [5.74, 6) is -0.0873. The van der Waals surface area contributed by atoms with E-state index in [0.717, 1.165) is 31.5 Å². The molecule has 0 bridgehead atoms. The van der Waals surface area contributed by atoms with Crippen molar-refractivity contribution < 1.29 is 4.39 Å². The fraction of sp³-hybridized carbons (Fsp3) is 0.571. The van der Waals surface area contributed by atoms with Gasteiger partial charge >= 0.3 is 0 Å². The highest BCUT2D eigenvalue weighted by Gasteiger charge is 2.23. The van der Waals surface area contributed by atoms with Crippen molar-refractivity contribution in [1.29, 1.82) is 0 Å². The first-order valence-electron chi connectivity index (χ1n) is 6.38. The minimum absolute atomic E-state index is 0.0873. The first kappa shape index (κ1) is 12.5. The number of hydrogen-bond donors (Lipinski definition) is 1. The van der Waals surface area contributed by atoms with E-state index in [1.54, 1.807) is 12.1 Å². The molecule has 1 atom stereocenters. The summed E-state index contributed by atoms with van der Waals surface area (Å²) >= 11 is 0. The smallest absolute Gasteiger partial charge is 0.127 e. The van der Waals surface area contributed by atoms with Crippen LogP contribution >= 0.6 is 0 Å². The molecule has 1 aromatic rings. The Morgan fingerprint density at radius 2 is 1.94 bits per heavy atom. The quantitative estimate of drug-likeness (QED) is 0.867. The Hall–Kier alpha value is -0.930. The number of benzene rings is 1. The van der Waals surface area contributed by atoms with Crippen LogP contribution < -0.4 is 5.32 Å². The highest BCUT2D eigenvalue weighted by molar-refractivity contribution is 5.20. The van der Waals surface area contributed by atoms with E-state index in [0.29, 0.717) is 6.04 Å². The summed E-state index contributed by atoms with van der Waals surface area (Å²) in [6.45, 7) is 4.18. The average molecular weight is 236 g/mol. The van der Waals surface area contributed by atoms with E-state index < -0.39 is 0 Å². The number of piperidine rings is 1. The van der Waals surface area contributed by atoms with Crippen LogP contribution in [0.25, 0.3) is 0 Å². The highest BCUT2D eigenvalue weighted by atomic mass is 19.1. The van der Waals surface area contributed by atoms with Gasteiger partial charge in [-0.1, -0.05) is 18.2 Å². The van der Waals surface area contributed by atoms with Crippen molar-refractivity contribution in [3.8, 4) is 0 Å². The summed E-state index contributed by atoms with van der Waals surface area (Å²) in [4.78, 5) is 2.37. The van der Waals surface area contributed by atoms with Crippen LogP contribution in [-0.2, 0) is 0 Å². The lowest BCUT2D eigenvalue weighted by Crippen LogP contribution is -2.42. The van der Waals surface area contributed by atoms with Gasteiger partial charge in [0.25, 0.3) is 0 Å². The van der Waals surface area contributed by atoms with Crippen LogP contribution in [0, 0.1) is 5.82 Å². The van der Waals surface area contributed by atoms with E-state index in [1.807, 2.05) is 19.2 Å². The van der Waals surface area contributed by atoms with Gasteiger partial charge in [-0.15, -0.1) is 0 Å². The second kappa shape index (κ2) is 5.61. The maximum atomic E-state index is 13.7. The van der Waals surface area contributed by atoms with Gasteiger partial charge in [-0.2, -0.15) is 0 Å². The van der Waals surface area contributed by atoms with Crippen molar-refractivity contribution in [1.82, 2.24) is 10.2 Å². The summed E-state index contributed by atoms with van der Waals surface area (Å²) in [6, 6.07) is 7.90. The average Bonchev–Trinajstić information content (AvgIpc) is 2.39. The third kappa shape index (κ3) is 2.85. The van der Waals surface area contributed by atoms with Gasteiger partial charge in [-0.3, -0.25) is 4.90 Å². The van der Waals surface area contributed by atoms with Crippen molar-refractivity contribution in [2.45, 2.75) is 31.8 Å². The molecular formula is C14H21FN2. The van der Waals surface area contributed by atoms with Gasteiger partial charge in [0.1, 0.15) is 5.82 Å². The molecule has 17 heavy (non-hydrogen) atoms. The Kier molecular flexibility index (Phi) is 4.13. The Balaban J connectivity index is 2.02. The monoisotopic (exact) mass is 236 g/mol. The first-order valence-corrected chi connectivity index (χ1v) is 6.38. The maximum Gasteiger partial charge on any atom is 0.127 e. The van der Waals surface area contributed by atoms with Crippen LogP contribution in [0.1, 0.15) is 31.4 Å². The Morgan fingerprint density at radius 3 is 2.53 bits per heavy atom. The summed E-state index contributed by atoms with van der Waals surface area (Å²) in [7, 11) is 2.01. The molecule has 1 fully saturated rings. The van der Waals surface area contributed by atoms with E-state index >= 15 is 0 Å². The molecule has 1 aromatic carbocycles. The molecular weight excluding hydrogens is 215 g/mol. The normalized spacial score (nSPS) is 20.4. The fourth-order valence-electron chi connectivity index (χ4n) is 2.59. The van der Waals surface area contributed by atoms with Gasteiger partial charge in [0.15, 0.2) is 0 Å². The molecule has 2 nitrogen and oxygen atoms in total. The van der Waals surface area contributed by atoms with Gasteiger partial charge in [0.05, 0.1) is 0 Å². The van der Waals surface area contributed by atoms with Crippen molar-refractivity contribution in [3.05, 3.63) is 35.6 Å². The molecule has 0 radical (unpaired) electrons. The second-order valence-corrected chi connectivity index (χ2v) is 4.80. The summed E-state index contributed by atoms with van der Waals surface area (Å²) < 4.78 is 13.7. The zero-order valence-corrected chi connectivity index (χ0v) is 10.6. The van der Waals surface area contributed by atoms with E-state index in [4.69, 9.17) is 0 Å². The second-order valence-electron chi connectivity index (χ2n) is 4.80. The molecule has 0 saturated carbocycles. The lowest BCUT2D eigenvalue weighted by atomic mass is 10.00. The number of rotatable bonds is 3. The molecule has 1 aliphatic rings. The summed E-state index contributed by atoms with van der Waals surface area (Å²) in [5, 5.41) is 3.31. The van der Waals surface area contributed by atoms with E-state index in [1.165, 1.54) is 0 Å². The van der Waals surface area contributed by atoms with Gasteiger partial charge in [-0.25, -0.2) is 4.39 Å². The molecule has 3 heteroatoms. The molecule has 0 aromatic heterocycles. The van der Waals surface area contributed by atoms with E-state index in [-0.39, 0.29) is 11.9 Å². The van der Waals surface area contributed by atoms with Crippen LogP contribution in [0.4, 0.5) is 4.39 Å². The molecule has 2 rings (SSSR count). The van der Waals surface area contributed by atoms with Crippen LogP contribution in [0.15, 0.2) is 24.3 Å². The number of nitrogens with one attached hydrogen (secondary N) is 1. The number of likely N-dealkylation sites (tertiary alicyclic amines) is 1. The molecule has 94 valence electrons. The molecule has 0 aliphatic carbocycles. The first-order chi connectivity index (χ1) is 8.22. The third-order valence-corrected chi connectivity index (χ3v) is 3.84. The highest BCUT2D eigenvalue weighted by Crippen LogP contribution is 2.25. The summed E-state index contributed by atoms with van der Waals surface area (Å²) in [5.41, 5.74) is 0.815. The Bertz CT molecular complexity index is 359. The van der Waals surface area contributed by atoms with Gasteiger partial charge in [-0.05, 0) is 32.9 Å². The number of halogens is 1. The molecule has 0 spiro atoms. The summed E-state index contributed by atoms with van der Waals surface area (Å²) in [6.07, 6.45) is 2.30. The van der Waals surface area contributed by atoms with Crippen molar-refractivity contribution in [3.63, 3.8) is 0 Å². The van der Waals surface area contributed by atoms with Crippen LogP contribution in [-0.4, -0.2) is 31.1 Å². The fourth-order valence-corrected chi connectivity index (χ4v) is 2.59. The minimum Gasteiger partial charge on any atom is -0.317 e. The SMILES string of the molecule is CNC1CCN(C(C)c2ccccc2F)CC1. The zero-order valence-electron chi connectivity index (χ0n) is 10.6. The molecule has 1 saturated heterocycles. The topological polar surface area (TPSA) is 15.3 Å². The zero-order chi connectivity index (χ0) is 12.3. The predicted molar refractivity (Wildman–Crippen MR) is 68.5 cm³/mol. The van der Waals surface area contributed by atoms with Gasteiger partial charge in [0, 0.05) is 30.7 Å². The van der Waals surface area contributed by atoms with E-state index in [9.17, 15) is 4.39 Å². The Morgan fingerprint density at radius 1 is 1.29 bits per heavy atom. The molecule has 0 amide bonds. The van der Waals surface area contributed by atoms with Gasteiger partial charge in [0.2, 0.25) is 0 Å². The molecule has 1 aliphatic heterocycles. The molecule has 1 N–H and O–H groups in total. The van der Waals surface area contributed by atoms with Crippen molar-refractivity contribution >= 4 is 0 Å². The third-order valence-electron chi connectivity index (χ3n) is 3.84. The van der Waals surface area contributed by atoms with Crippen LogP contribution in [0.3, 0.4) is 0 Å². The standard InChI is InChI=1S/C14H21FN2/c1-11(13-5-3-4-6-14(13)15)17-9-7-12(16-2)8-10-17/h3-6,11-12,16H,7-10H2,1-2H3. The van der Waals surface area contributed by atoms with Crippen LogP contribution in [0.5, 0.6) is 0 Å². The lowest BCUT2D eigenvalue weighted by molar-refractivity contribution is 0.153. The van der Waals surface area contributed by atoms with Crippen LogP contribution in [0.2, 0.25) is 0 Å².